The summed E-state index contributed by atoms with van der Waals surface area (Å²) in [5, 5.41) is 3.70. The highest BCUT2D eigenvalue weighted by molar-refractivity contribution is 4.90. The van der Waals surface area contributed by atoms with E-state index in [1.807, 2.05) is 0 Å². The molecule has 0 aromatic heterocycles. The van der Waals surface area contributed by atoms with Gasteiger partial charge in [0, 0.05) is 18.0 Å². The lowest BCUT2D eigenvalue weighted by atomic mass is 9.88. The molecule has 14 heavy (non-hydrogen) atoms. The maximum atomic E-state index is 5.25. The summed E-state index contributed by atoms with van der Waals surface area (Å²) in [6.45, 7) is 10.1. The van der Waals surface area contributed by atoms with E-state index in [1.54, 1.807) is 0 Å². The number of ether oxygens (including phenoxy) is 1. The van der Waals surface area contributed by atoms with Crippen molar-refractivity contribution in [2.45, 2.75) is 46.1 Å². The fourth-order valence-electron chi connectivity index (χ4n) is 2.55. The lowest BCUT2D eigenvalue weighted by Gasteiger charge is -2.39. The van der Waals surface area contributed by atoms with Crippen LogP contribution in [0.1, 0.15) is 40.0 Å². The minimum absolute atomic E-state index is 0.423. The Bertz CT molecular complexity index is 208. The van der Waals surface area contributed by atoms with Gasteiger partial charge in [0.2, 0.25) is 0 Å². The van der Waals surface area contributed by atoms with Gasteiger partial charge in [0.15, 0.2) is 0 Å². The Hall–Kier alpha value is -0.0800. The van der Waals surface area contributed by atoms with Crippen molar-refractivity contribution < 1.29 is 4.74 Å². The quantitative estimate of drug-likeness (QED) is 0.749. The highest BCUT2D eigenvalue weighted by Gasteiger charge is 2.36. The molecule has 2 aliphatic rings. The minimum atomic E-state index is 0.423. The summed E-state index contributed by atoms with van der Waals surface area (Å²) in [6, 6.07) is 0.752. The molecule has 1 aliphatic heterocycles. The zero-order chi connectivity index (χ0) is 10.2. The topological polar surface area (TPSA) is 21.3 Å². The molecule has 1 N–H and O–H groups in total. The van der Waals surface area contributed by atoms with Gasteiger partial charge in [-0.25, -0.2) is 0 Å². The standard InChI is InChI=1S/C12H23NO/c1-11(2)5-4-10(6-11)13-7-12(3)8-14-9-12/h10,13H,4-9H2,1-3H3. The van der Waals surface area contributed by atoms with Crippen LogP contribution >= 0.6 is 0 Å². The fraction of sp³-hybridized carbons (Fsp3) is 1.00. The van der Waals surface area contributed by atoms with Gasteiger partial charge in [-0.05, 0) is 24.7 Å². The highest BCUT2D eigenvalue weighted by Crippen LogP contribution is 2.37. The van der Waals surface area contributed by atoms with Crippen molar-refractivity contribution >= 4 is 0 Å². The molecule has 0 spiro atoms. The lowest BCUT2D eigenvalue weighted by molar-refractivity contribution is -0.1000. The van der Waals surface area contributed by atoms with E-state index in [0.717, 1.165) is 25.8 Å². The smallest absolute Gasteiger partial charge is 0.0554 e. The van der Waals surface area contributed by atoms with Crippen molar-refractivity contribution in [3.63, 3.8) is 0 Å². The van der Waals surface area contributed by atoms with Crippen molar-refractivity contribution in [3.8, 4) is 0 Å². The predicted molar refractivity (Wildman–Crippen MR) is 58.3 cm³/mol. The molecule has 1 saturated heterocycles. The largest absolute Gasteiger partial charge is 0.380 e. The summed E-state index contributed by atoms with van der Waals surface area (Å²) in [7, 11) is 0. The Labute approximate surface area is 87.4 Å². The molecule has 1 atom stereocenters. The summed E-state index contributed by atoms with van der Waals surface area (Å²) in [6.07, 6.45) is 4.06. The maximum Gasteiger partial charge on any atom is 0.0554 e. The third-order valence-electron chi connectivity index (χ3n) is 3.69. The molecule has 0 radical (unpaired) electrons. The van der Waals surface area contributed by atoms with Crippen LogP contribution in [-0.4, -0.2) is 25.8 Å². The summed E-state index contributed by atoms with van der Waals surface area (Å²) in [5.41, 5.74) is 0.988. The normalized spacial score (nSPS) is 34.1. The van der Waals surface area contributed by atoms with Gasteiger partial charge in [-0.3, -0.25) is 0 Å². The van der Waals surface area contributed by atoms with Crippen molar-refractivity contribution in [3.05, 3.63) is 0 Å². The Morgan fingerprint density at radius 1 is 1.29 bits per heavy atom. The minimum Gasteiger partial charge on any atom is -0.380 e. The second-order valence-electron chi connectivity index (χ2n) is 6.29. The van der Waals surface area contributed by atoms with Gasteiger partial charge in [-0.15, -0.1) is 0 Å². The third-order valence-corrected chi connectivity index (χ3v) is 3.69. The fourth-order valence-corrected chi connectivity index (χ4v) is 2.55. The van der Waals surface area contributed by atoms with Crippen LogP contribution in [0.15, 0.2) is 0 Å². The Kier molecular flexibility index (Phi) is 2.61. The zero-order valence-electron chi connectivity index (χ0n) is 9.73. The number of nitrogens with one attached hydrogen (secondary N) is 1. The van der Waals surface area contributed by atoms with Gasteiger partial charge >= 0.3 is 0 Å². The molecular formula is C12H23NO. The van der Waals surface area contributed by atoms with E-state index < -0.39 is 0 Å². The first kappa shape index (κ1) is 10.4. The molecule has 82 valence electrons. The first-order valence-electron chi connectivity index (χ1n) is 5.80. The van der Waals surface area contributed by atoms with Gasteiger partial charge in [0.05, 0.1) is 13.2 Å². The Morgan fingerprint density at radius 2 is 2.00 bits per heavy atom. The molecule has 1 saturated carbocycles. The van der Waals surface area contributed by atoms with Crippen LogP contribution in [0, 0.1) is 10.8 Å². The van der Waals surface area contributed by atoms with E-state index in [1.165, 1.54) is 19.3 Å². The van der Waals surface area contributed by atoms with Gasteiger partial charge < -0.3 is 10.1 Å². The molecule has 0 bridgehead atoms. The zero-order valence-corrected chi connectivity index (χ0v) is 9.73. The summed E-state index contributed by atoms with van der Waals surface area (Å²) in [4.78, 5) is 0. The van der Waals surface area contributed by atoms with Crippen molar-refractivity contribution in [2.75, 3.05) is 19.8 Å². The van der Waals surface area contributed by atoms with E-state index in [0.29, 0.717) is 10.8 Å². The van der Waals surface area contributed by atoms with Crippen LogP contribution in [0.25, 0.3) is 0 Å². The molecule has 2 heteroatoms. The van der Waals surface area contributed by atoms with Crippen LogP contribution in [0.5, 0.6) is 0 Å². The highest BCUT2D eigenvalue weighted by atomic mass is 16.5. The van der Waals surface area contributed by atoms with E-state index in [2.05, 4.69) is 26.1 Å². The Morgan fingerprint density at radius 3 is 2.43 bits per heavy atom. The predicted octanol–water partition coefficient (Wildman–Crippen LogP) is 2.19. The molecule has 1 unspecified atom stereocenters. The van der Waals surface area contributed by atoms with Crippen LogP contribution in [0.2, 0.25) is 0 Å². The van der Waals surface area contributed by atoms with Crippen LogP contribution in [0.4, 0.5) is 0 Å². The molecule has 1 aliphatic carbocycles. The number of hydrogen-bond acceptors (Lipinski definition) is 2. The molecule has 0 aromatic rings. The van der Waals surface area contributed by atoms with Crippen molar-refractivity contribution in [1.82, 2.24) is 5.32 Å². The average molecular weight is 197 g/mol. The summed E-state index contributed by atoms with van der Waals surface area (Å²) >= 11 is 0. The van der Waals surface area contributed by atoms with Gasteiger partial charge in [-0.1, -0.05) is 20.8 Å². The summed E-state index contributed by atoms with van der Waals surface area (Å²) < 4.78 is 5.25. The lowest BCUT2D eigenvalue weighted by Crippen LogP contribution is -2.49. The molecular weight excluding hydrogens is 174 g/mol. The monoisotopic (exact) mass is 197 g/mol. The molecule has 0 aromatic carbocycles. The van der Waals surface area contributed by atoms with E-state index in [-0.39, 0.29) is 0 Å². The second kappa shape index (κ2) is 3.49. The van der Waals surface area contributed by atoms with Gasteiger partial charge in [0.1, 0.15) is 0 Å². The van der Waals surface area contributed by atoms with E-state index in [9.17, 15) is 0 Å². The van der Waals surface area contributed by atoms with Gasteiger partial charge in [-0.2, -0.15) is 0 Å². The molecule has 0 amide bonds. The Balaban J connectivity index is 1.72. The van der Waals surface area contributed by atoms with Gasteiger partial charge in [0.25, 0.3) is 0 Å². The van der Waals surface area contributed by atoms with Crippen molar-refractivity contribution in [1.29, 1.82) is 0 Å². The average Bonchev–Trinajstić information content (AvgIpc) is 2.39. The first-order valence-corrected chi connectivity index (χ1v) is 5.80. The molecule has 2 fully saturated rings. The van der Waals surface area contributed by atoms with E-state index in [4.69, 9.17) is 4.74 Å². The van der Waals surface area contributed by atoms with E-state index >= 15 is 0 Å². The SMILES string of the molecule is CC1(C)CCC(NCC2(C)COC2)C1. The van der Waals surface area contributed by atoms with Crippen LogP contribution in [-0.2, 0) is 4.74 Å². The summed E-state index contributed by atoms with van der Waals surface area (Å²) in [5.74, 6) is 0. The number of hydrogen-bond donors (Lipinski definition) is 1. The molecule has 1 heterocycles. The first-order chi connectivity index (χ1) is 6.49. The molecule has 2 rings (SSSR count). The second-order valence-corrected chi connectivity index (χ2v) is 6.29. The number of rotatable bonds is 3. The van der Waals surface area contributed by atoms with Crippen LogP contribution in [0.3, 0.4) is 0 Å². The maximum absolute atomic E-state index is 5.25. The molecule has 2 nitrogen and oxygen atoms in total. The van der Waals surface area contributed by atoms with Crippen LogP contribution < -0.4 is 5.32 Å². The van der Waals surface area contributed by atoms with Crippen molar-refractivity contribution in [2.24, 2.45) is 10.8 Å². The third kappa shape index (κ3) is 2.29.